The topological polar surface area (TPSA) is 73.1 Å². The minimum Gasteiger partial charge on any atom is -0.480 e. The monoisotopic (exact) mass is 480 g/mol. The lowest BCUT2D eigenvalue weighted by molar-refractivity contribution is 0.422. The first-order chi connectivity index (χ1) is 18.2. The highest BCUT2D eigenvalue weighted by molar-refractivity contribution is 5.92. The van der Waals surface area contributed by atoms with Gasteiger partial charge < -0.3 is 9.84 Å². The van der Waals surface area contributed by atoms with Gasteiger partial charge in [-0.1, -0.05) is 72.8 Å². The van der Waals surface area contributed by atoms with E-state index in [9.17, 15) is 5.11 Å². The minimum atomic E-state index is -0.125. The van der Waals surface area contributed by atoms with E-state index in [-0.39, 0.29) is 6.01 Å². The van der Waals surface area contributed by atoms with Crippen molar-refractivity contribution in [3.63, 3.8) is 0 Å². The molecule has 7 rings (SSSR count). The molecule has 0 fully saturated rings. The number of aromatic hydroxyl groups is 1. The van der Waals surface area contributed by atoms with Gasteiger partial charge in [0.2, 0.25) is 5.88 Å². The summed E-state index contributed by atoms with van der Waals surface area (Å²) in [6, 6.07) is 37.2. The summed E-state index contributed by atoms with van der Waals surface area (Å²) in [5.74, 6) is 1.60. The fourth-order valence-corrected chi connectivity index (χ4v) is 4.67. The van der Waals surface area contributed by atoms with Crippen LogP contribution >= 0.6 is 0 Å². The van der Waals surface area contributed by atoms with E-state index in [0.717, 1.165) is 38.4 Å². The largest absolute Gasteiger partial charge is 0.480 e. The molecule has 0 spiro atoms. The van der Waals surface area contributed by atoms with Crippen LogP contribution in [-0.2, 0) is 0 Å². The number of para-hydroxylation sites is 3. The van der Waals surface area contributed by atoms with Gasteiger partial charge in [-0.15, -0.1) is 0 Å². The smallest absolute Gasteiger partial charge is 0.300 e. The van der Waals surface area contributed by atoms with E-state index in [0.29, 0.717) is 23.0 Å². The summed E-state index contributed by atoms with van der Waals surface area (Å²) in [5.41, 5.74) is 4.21. The van der Waals surface area contributed by atoms with Crippen LogP contribution in [0.2, 0.25) is 0 Å². The van der Waals surface area contributed by atoms with Crippen molar-refractivity contribution in [2.45, 2.75) is 0 Å². The van der Waals surface area contributed by atoms with Crippen LogP contribution in [-0.4, -0.2) is 24.6 Å². The number of hydrogen-bond acceptors (Lipinski definition) is 5. The van der Waals surface area contributed by atoms with Gasteiger partial charge in [-0.3, -0.25) is 0 Å². The SMILES string of the molecule is Oc1nc2ccccc2n1-c1nc(Oc2cccc(-c3ccc4ccccc4n3)c2)cc2ccccc12. The molecule has 0 saturated carbocycles. The second kappa shape index (κ2) is 8.46. The van der Waals surface area contributed by atoms with Crippen molar-refractivity contribution in [3.05, 3.63) is 115 Å². The second-order valence-corrected chi connectivity index (χ2v) is 8.76. The average Bonchev–Trinajstić information content (AvgIpc) is 3.28. The Labute approximate surface area is 212 Å². The van der Waals surface area contributed by atoms with E-state index in [1.54, 1.807) is 4.57 Å². The molecule has 6 nitrogen and oxygen atoms in total. The van der Waals surface area contributed by atoms with Crippen LogP contribution in [0.3, 0.4) is 0 Å². The van der Waals surface area contributed by atoms with Crippen molar-refractivity contribution < 1.29 is 9.84 Å². The third-order valence-electron chi connectivity index (χ3n) is 6.40. The quantitative estimate of drug-likeness (QED) is 0.286. The third kappa shape index (κ3) is 3.72. The maximum Gasteiger partial charge on any atom is 0.300 e. The van der Waals surface area contributed by atoms with Crippen LogP contribution in [0.15, 0.2) is 115 Å². The van der Waals surface area contributed by atoms with Gasteiger partial charge in [-0.2, -0.15) is 9.97 Å². The molecule has 0 aliphatic rings. The van der Waals surface area contributed by atoms with Gasteiger partial charge in [0.15, 0.2) is 5.82 Å². The summed E-state index contributed by atoms with van der Waals surface area (Å²) in [6.45, 7) is 0. The van der Waals surface area contributed by atoms with Crippen LogP contribution in [0.5, 0.6) is 17.6 Å². The van der Waals surface area contributed by atoms with Gasteiger partial charge in [-0.05, 0) is 41.8 Å². The van der Waals surface area contributed by atoms with E-state index in [1.165, 1.54) is 0 Å². The molecule has 0 bridgehead atoms. The maximum atomic E-state index is 10.7. The first kappa shape index (κ1) is 21.1. The van der Waals surface area contributed by atoms with Gasteiger partial charge >= 0.3 is 6.01 Å². The molecule has 6 heteroatoms. The van der Waals surface area contributed by atoms with Crippen molar-refractivity contribution in [1.82, 2.24) is 19.5 Å². The predicted molar refractivity (Wildman–Crippen MR) is 145 cm³/mol. The highest BCUT2D eigenvalue weighted by Gasteiger charge is 2.17. The van der Waals surface area contributed by atoms with E-state index >= 15 is 0 Å². The summed E-state index contributed by atoms with van der Waals surface area (Å²) in [5, 5.41) is 13.6. The van der Waals surface area contributed by atoms with Crippen LogP contribution in [0.25, 0.3) is 49.8 Å². The summed E-state index contributed by atoms with van der Waals surface area (Å²) < 4.78 is 7.93. The molecule has 0 aliphatic heterocycles. The number of ether oxygens (including phenoxy) is 1. The van der Waals surface area contributed by atoms with E-state index in [1.807, 2.05) is 103 Å². The zero-order valence-corrected chi connectivity index (χ0v) is 19.6. The van der Waals surface area contributed by atoms with E-state index in [4.69, 9.17) is 14.7 Å². The number of fused-ring (bicyclic) bond motifs is 3. The molecule has 0 amide bonds. The fraction of sp³-hybridized carbons (Fsp3) is 0. The number of rotatable bonds is 4. The Balaban J connectivity index is 1.32. The van der Waals surface area contributed by atoms with Crippen molar-refractivity contribution in [2.75, 3.05) is 0 Å². The van der Waals surface area contributed by atoms with Crippen LogP contribution in [0.4, 0.5) is 0 Å². The second-order valence-electron chi connectivity index (χ2n) is 8.76. The maximum absolute atomic E-state index is 10.7. The highest BCUT2D eigenvalue weighted by Crippen LogP contribution is 2.33. The zero-order chi connectivity index (χ0) is 24.8. The molecule has 3 aromatic heterocycles. The molecule has 0 atom stereocenters. The molecular formula is C31H20N4O2. The molecule has 0 saturated heterocycles. The van der Waals surface area contributed by atoms with E-state index in [2.05, 4.69) is 17.1 Å². The summed E-state index contributed by atoms with van der Waals surface area (Å²) in [7, 11) is 0. The summed E-state index contributed by atoms with van der Waals surface area (Å²) in [4.78, 5) is 13.9. The lowest BCUT2D eigenvalue weighted by atomic mass is 10.1. The van der Waals surface area contributed by atoms with Gasteiger partial charge in [0.1, 0.15) is 5.75 Å². The predicted octanol–water partition coefficient (Wildman–Crippen LogP) is 7.29. The molecule has 0 unspecified atom stereocenters. The Morgan fingerprint density at radius 2 is 1.41 bits per heavy atom. The van der Waals surface area contributed by atoms with Crippen molar-refractivity contribution in [3.8, 4) is 34.7 Å². The zero-order valence-electron chi connectivity index (χ0n) is 19.6. The number of benzene rings is 4. The van der Waals surface area contributed by atoms with Crippen LogP contribution < -0.4 is 4.74 Å². The van der Waals surface area contributed by atoms with Crippen molar-refractivity contribution >= 4 is 32.7 Å². The third-order valence-corrected chi connectivity index (χ3v) is 6.40. The van der Waals surface area contributed by atoms with Gasteiger partial charge in [-0.25, -0.2) is 9.55 Å². The molecule has 1 N–H and O–H groups in total. The number of pyridine rings is 2. The Hall–Kier alpha value is -5.23. The molecule has 7 aromatic rings. The normalized spacial score (nSPS) is 11.4. The Kier molecular flexibility index (Phi) is 4.82. The molecule has 4 aromatic carbocycles. The molecule has 176 valence electrons. The Morgan fingerprint density at radius 3 is 2.32 bits per heavy atom. The highest BCUT2D eigenvalue weighted by atomic mass is 16.5. The minimum absolute atomic E-state index is 0.125. The standard InChI is InChI=1S/C31H20N4O2/c36-31-33-27-14-5-6-15-28(27)35(31)30-24-12-3-1-9-21(24)19-29(34-30)37-23-11-7-10-22(18-23)26-17-16-20-8-2-4-13-25(20)32-26/h1-19H,(H,33,36). The summed E-state index contributed by atoms with van der Waals surface area (Å²) >= 11 is 0. The van der Waals surface area contributed by atoms with Crippen LogP contribution in [0.1, 0.15) is 0 Å². The fourth-order valence-electron chi connectivity index (χ4n) is 4.67. The number of hydrogen-bond donors (Lipinski definition) is 1. The molecule has 0 aliphatic carbocycles. The van der Waals surface area contributed by atoms with Crippen LogP contribution in [0, 0.1) is 0 Å². The van der Waals surface area contributed by atoms with E-state index < -0.39 is 0 Å². The summed E-state index contributed by atoms with van der Waals surface area (Å²) in [6.07, 6.45) is 0. The number of aromatic nitrogens is 4. The Morgan fingerprint density at radius 1 is 0.622 bits per heavy atom. The van der Waals surface area contributed by atoms with Gasteiger partial charge in [0.05, 0.1) is 22.2 Å². The molecule has 3 heterocycles. The average molecular weight is 481 g/mol. The van der Waals surface area contributed by atoms with Gasteiger partial charge in [0, 0.05) is 22.4 Å². The number of imidazole rings is 1. The molecular weight excluding hydrogens is 460 g/mol. The first-order valence-electron chi connectivity index (χ1n) is 11.9. The van der Waals surface area contributed by atoms with Crippen molar-refractivity contribution in [2.24, 2.45) is 0 Å². The van der Waals surface area contributed by atoms with Crippen molar-refractivity contribution in [1.29, 1.82) is 0 Å². The number of nitrogens with zero attached hydrogens (tertiary/aromatic N) is 4. The molecule has 37 heavy (non-hydrogen) atoms. The lowest BCUT2D eigenvalue weighted by Gasteiger charge is -2.13. The molecule has 0 radical (unpaired) electrons. The Bertz CT molecular complexity index is 1940. The van der Waals surface area contributed by atoms with Gasteiger partial charge in [0.25, 0.3) is 0 Å². The first-order valence-corrected chi connectivity index (χ1v) is 11.9. The lowest BCUT2D eigenvalue weighted by Crippen LogP contribution is -2.00.